The number of hydrogen-bond acceptors (Lipinski definition) is 2. The molecule has 0 aliphatic carbocycles. The highest BCUT2D eigenvalue weighted by Gasteiger charge is 2.21. The van der Waals surface area contributed by atoms with Crippen LogP contribution < -0.4 is 10.1 Å². The first-order valence-electron chi connectivity index (χ1n) is 6.75. The average molecular weight is 233 g/mol. The van der Waals surface area contributed by atoms with Crippen molar-refractivity contribution in [1.29, 1.82) is 0 Å². The SMILES string of the molecule is CCCCOc1ccc([C@@H]2C[C@@H](C)CN2)cc1. The monoisotopic (exact) mass is 233 g/mol. The molecule has 1 fully saturated rings. The summed E-state index contributed by atoms with van der Waals surface area (Å²) in [7, 11) is 0. The Morgan fingerprint density at radius 3 is 2.65 bits per heavy atom. The number of rotatable bonds is 5. The largest absolute Gasteiger partial charge is 0.494 e. The van der Waals surface area contributed by atoms with Gasteiger partial charge in [-0.2, -0.15) is 0 Å². The smallest absolute Gasteiger partial charge is 0.119 e. The lowest BCUT2D eigenvalue weighted by atomic mass is 10.0. The molecule has 94 valence electrons. The van der Waals surface area contributed by atoms with Crippen LogP contribution in [0, 0.1) is 5.92 Å². The Balaban J connectivity index is 1.89. The zero-order valence-electron chi connectivity index (χ0n) is 10.9. The molecule has 2 nitrogen and oxygen atoms in total. The van der Waals surface area contributed by atoms with Crippen molar-refractivity contribution in [3.63, 3.8) is 0 Å². The number of unbranched alkanes of at least 4 members (excludes halogenated alkanes) is 1. The molecule has 1 heterocycles. The van der Waals surface area contributed by atoms with Gasteiger partial charge >= 0.3 is 0 Å². The number of nitrogens with one attached hydrogen (secondary N) is 1. The maximum atomic E-state index is 5.66. The summed E-state index contributed by atoms with van der Waals surface area (Å²) >= 11 is 0. The fourth-order valence-electron chi connectivity index (χ4n) is 2.30. The van der Waals surface area contributed by atoms with Gasteiger partial charge in [-0.05, 0) is 43.0 Å². The second-order valence-electron chi connectivity index (χ2n) is 5.07. The van der Waals surface area contributed by atoms with Gasteiger partial charge < -0.3 is 10.1 Å². The predicted octanol–water partition coefficient (Wildman–Crippen LogP) is 3.54. The van der Waals surface area contributed by atoms with Gasteiger partial charge in [0.05, 0.1) is 6.61 Å². The molecular weight excluding hydrogens is 210 g/mol. The van der Waals surface area contributed by atoms with E-state index in [0.29, 0.717) is 6.04 Å². The van der Waals surface area contributed by atoms with Crippen LogP contribution in [0.15, 0.2) is 24.3 Å². The van der Waals surface area contributed by atoms with Gasteiger partial charge in [0.2, 0.25) is 0 Å². The molecule has 1 aliphatic rings. The summed E-state index contributed by atoms with van der Waals surface area (Å²) in [6.07, 6.45) is 3.56. The quantitative estimate of drug-likeness (QED) is 0.785. The van der Waals surface area contributed by atoms with Gasteiger partial charge in [0.25, 0.3) is 0 Å². The van der Waals surface area contributed by atoms with Crippen molar-refractivity contribution in [3.05, 3.63) is 29.8 Å². The Hall–Kier alpha value is -1.02. The van der Waals surface area contributed by atoms with Crippen molar-refractivity contribution in [1.82, 2.24) is 5.32 Å². The Kier molecular flexibility index (Phi) is 4.43. The van der Waals surface area contributed by atoms with Gasteiger partial charge in [-0.1, -0.05) is 32.4 Å². The van der Waals surface area contributed by atoms with Gasteiger partial charge in [0.1, 0.15) is 5.75 Å². The van der Waals surface area contributed by atoms with Crippen molar-refractivity contribution in [2.75, 3.05) is 13.2 Å². The molecule has 1 N–H and O–H groups in total. The van der Waals surface area contributed by atoms with Gasteiger partial charge in [0.15, 0.2) is 0 Å². The maximum absolute atomic E-state index is 5.66. The zero-order chi connectivity index (χ0) is 12.1. The number of hydrogen-bond donors (Lipinski definition) is 1. The van der Waals surface area contributed by atoms with Crippen molar-refractivity contribution >= 4 is 0 Å². The van der Waals surface area contributed by atoms with E-state index in [2.05, 4.69) is 43.4 Å². The van der Waals surface area contributed by atoms with Crippen LogP contribution in [-0.4, -0.2) is 13.2 Å². The summed E-state index contributed by atoms with van der Waals surface area (Å²) in [5.74, 6) is 1.79. The van der Waals surface area contributed by atoms with E-state index >= 15 is 0 Å². The van der Waals surface area contributed by atoms with Crippen molar-refractivity contribution in [3.8, 4) is 5.75 Å². The van der Waals surface area contributed by atoms with Crippen molar-refractivity contribution in [2.45, 2.75) is 39.2 Å². The lowest BCUT2D eigenvalue weighted by Gasteiger charge is -2.12. The predicted molar refractivity (Wildman–Crippen MR) is 71.4 cm³/mol. The van der Waals surface area contributed by atoms with E-state index in [1.165, 1.54) is 18.4 Å². The zero-order valence-corrected chi connectivity index (χ0v) is 10.9. The highest BCUT2D eigenvalue weighted by atomic mass is 16.5. The molecular formula is C15H23NO. The van der Waals surface area contributed by atoms with Crippen LogP contribution in [0.4, 0.5) is 0 Å². The third kappa shape index (κ3) is 3.47. The fraction of sp³-hybridized carbons (Fsp3) is 0.600. The number of ether oxygens (including phenoxy) is 1. The Bertz CT molecular complexity index is 333. The van der Waals surface area contributed by atoms with Gasteiger partial charge in [-0.15, -0.1) is 0 Å². The van der Waals surface area contributed by atoms with E-state index in [-0.39, 0.29) is 0 Å². The first-order valence-corrected chi connectivity index (χ1v) is 6.75. The van der Waals surface area contributed by atoms with E-state index in [9.17, 15) is 0 Å². The van der Waals surface area contributed by atoms with E-state index in [1.807, 2.05) is 0 Å². The summed E-state index contributed by atoms with van der Waals surface area (Å²) in [6.45, 7) is 6.45. The molecule has 17 heavy (non-hydrogen) atoms. The first kappa shape index (κ1) is 12.4. The summed E-state index contributed by atoms with van der Waals surface area (Å²) in [4.78, 5) is 0. The Morgan fingerprint density at radius 1 is 1.29 bits per heavy atom. The van der Waals surface area contributed by atoms with Crippen LogP contribution in [0.5, 0.6) is 5.75 Å². The summed E-state index contributed by atoms with van der Waals surface area (Å²) in [6, 6.07) is 9.11. The van der Waals surface area contributed by atoms with Crippen LogP contribution in [0.3, 0.4) is 0 Å². The van der Waals surface area contributed by atoms with Gasteiger partial charge in [0, 0.05) is 6.04 Å². The molecule has 0 unspecified atom stereocenters. The summed E-state index contributed by atoms with van der Waals surface area (Å²) in [5.41, 5.74) is 1.39. The number of benzene rings is 1. The molecule has 1 aromatic carbocycles. The standard InChI is InChI=1S/C15H23NO/c1-3-4-9-17-14-7-5-13(6-8-14)15-10-12(2)11-16-15/h5-8,12,15-16H,3-4,9-11H2,1-2H3/t12-,15+/m1/s1. The minimum Gasteiger partial charge on any atom is -0.494 e. The van der Waals surface area contributed by atoms with E-state index in [0.717, 1.165) is 31.2 Å². The third-order valence-electron chi connectivity index (χ3n) is 3.40. The van der Waals surface area contributed by atoms with E-state index < -0.39 is 0 Å². The Labute approximate surface area is 104 Å². The molecule has 2 heteroatoms. The first-order chi connectivity index (χ1) is 8.29. The van der Waals surface area contributed by atoms with E-state index in [1.54, 1.807) is 0 Å². The molecule has 1 saturated heterocycles. The average Bonchev–Trinajstić information content (AvgIpc) is 2.77. The normalized spacial score (nSPS) is 23.9. The van der Waals surface area contributed by atoms with Gasteiger partial charge in [-0.3, -0.25) is 0 Å². The maximum Gasteiger partial charge on any atom is 0.119 e. The molecule has 2 rings (SSSR count). The molecule has 0 amide bonds. The molecule has 1 aromatic rings. The lowest BCUT2D eigenvalue weighted by molar-refractivity contribution is 0.309. The van der Waals surface area contributed by atoms with E-state index in [4.69, 9.17) is 4.74 Å². The second kappa shape index (κ2) is 6.06. The van der Waals surface area contributed by atoms with Crippen LogP contribution in [0.25, 0.3) is 0 Å². The highest BCUT2D eigenvalue weighted by molar-refractivity contribution is 5.29. The topological polar surface area (TPSA) is 21.3 Å². The molecule has 0 radical (unpaired) electrons. The minimum absolute atomic E-state index is 0.537. The van der Waals surface area contributed by atoms with Crippen LogP contribution >= 0.6 is 0 Å². The molecule has 0 spiro atoms. The summed E-state index contributed by atoms with van der Waals surface area (Å²) in [5, 5.41) is 3.55. The van der Waals surface area contributed by atoms with Crippen molar-refractivity contribution in [2.24, 2.45) is 5.92 Å². The molecule has 1 aliphatic heterocycles. The summed E-state index contributed by atoms with van der Waals surface area (Å²) < 4.78 is 5.66. The molecule has 0 bridgehead atoms. The molecule has 0 aromatic heterocycles. The minimum atomic E-state index is 0.537. The second-order valence-corrected chi connectivity index (χ2v) is 5.07. The van der Waals surface area contributed by atoms with Crippen molar-refractivity contribution < 1.29 is 4.74 Å². The fourth-order valence-corrected chi connectivity index (χ4v) is 2.30. The van der Waals surface area contributed by atoms with Crippen LogP contribution in [0.2, 0.25) is 0 Å². The van der Waals surface area contributed by atoms with Crippen LogP contribution in [0.1, 0.15) is 44.7 Å². The lowest BCUT2D eigenvalue weighted by Crippen LogP contribution is -2.13. The van der Waals surface area contributed by atoms with Gasteiger partial charge in [-0.25, -0.2) is 0 Å². The molecule has 0 saturated carbocycles. The van der Waals surface area contributed by atoms with Crippen LogP contribution in [-0.2, 0) is 0 Å². The Morgan fingerprint density at radius 2 is 2.06 bits per heavy atom. The highest BCUT2D eigenvalue weighted by Crippen LogP contribution is 2.27. The third-order valence-corrected chi connectivity index (χ3v) is 3.40. The molecule has 2 atom stereocenters.